The summed E-state index contributed by atoms with van der Waals surface area (Å²) in [6, 6.07) is 12.9. The maximum absolute atomic E-state index is 11.4. The molecule has 124 valence electrons. The number of carbonyl (C=O) groups excluding carboxylic acids is 1. The minimum absolute atomic E-state index is 0.420. The van der Waals surface area contributed by atoms with Crippen molar-refractivity contribution in [3.63, 3.8) is 0 Å². The van der Waals surface area contributed by atoms with Crippen LogP contribution in [-0.4, -0.2) is 24.2 Å². The molecule has 0 amide bonds. The smallest absolute Gasteiger partial charge is 0.346 e. The van der Waals surface area contributed by atoms with Gasteiger partial charge in [-0.3, -0.25) is 0 Å². The van der Waals surface area contributed by atoms with Crippen LogP contribution in [-0.2, 0) is 9.53 Å². The van der Waals surface area contributed by atoms with Gasteiger partial charge in [0.15, 0.2) is 6.10 Å². The monoisotopic (exact) mass is 407 g/mol. The van der Waals surface area contributed by atoms with E-state index in [0.29, 0.717) is 16.7 Å². The molecular weight excluding hydrogens is 394 g/mol. The van der Waals surface area contributed by atoms with Crippen molar-refractivity contribution in [3.8, 4) is 16.7 Å². The average molecular weight is 408 g/mol. The number of methoxy groups -OCH3 is 1. The number of thiazole rings is 1. The third kappa shape index (κ3) is 3.85. The first-order valence-electron chi connectivity index (χ1n) is 7.13. The number of esters is 1. The molecule has 0 saturated carbocycles. The van der Waals surface area contributed by atoms with E-state index in [1.165, 1.54) is 18.4 Å². The first-order valence-corrected chi connectivity index (χ1v) is 8.74. The van der Waals surface area contributed by atoms with Crippen molar-refractivity contribution in [2.75, 3.05) is 7.11 Å². The first kappa shape index (κ1) is 16.7. The van der Waals surface area contributed by atoms with Crippen LogP contribution in [0.5, 0.6) is 16.7 Å². The number of carbonyl (C=O) groups is 1. The lowest BCUT2D eigenvalue weighted by atomic mass is 10.3. The lowest BCUT2D eigenvalue weighted by Crippen LogP contribution is -2.24. The van der Waals surface area contributed by atoms with Gasteiger partial charge in [-0.2, -0.15) is 0 Å². The van der Waals surface area contributed by atoms with Gasteiger partial charge in [-0.05, 0) is 49.4 Å². The highest BCUT2D eigenvalue weighted by atomic mass is 79.9. The molecule has 0 aliphatic carbocycles. The molecule has 0 bridgehead atoms. The summed E-state index contributed by atoms with van der Waals surface area (Å²) in [6.07, 6.45) is -0.663. The Kier molecular flexibility index (Phi) is 5.01. The van der Waals surface area contributed by atoms with Gasteiger partial charge in [0.1, 0.15) is 11.5 Å². The van der Waals surface area contributed by atoms with Gasteiger partial charge < -0.3 is 14.2 Å². The summed E-state index contributed by atoms with van der Waals surface area (Å²) in [7, 11) is 1.33. The number of hydrogen-bond donors (Lipinski definition) is 0. The van der Waals surface area contributed by atoms with Crippen LogP contribution in [0.1, 0.15) is 6.92 Å². The predicted molar refractivity (Wildman–Crippen MR) is 95.9 cm³/mol. The standard InChI is InChI=1S/C17H14BrNO4S/c1-10(16(20)21-2)22-12-4-6-13(7-5-12)23-17-19-14-8-3-11(18)9-15(14)24-17/h3-10H,1-2H3. The van der Waals surface area contributed by atoms with E-state index < -0.39 is 12.1 Å². The Morgan fingerprint density at radius 1 is 1.17 bits per heavy atom. The average Bonchev–Trinajstić information content (AvgIpc) is 2.97. The van der Waals surface area contributed by atoms with E-state index in [1.54, 1.807) is 31.2 Å². The molecule has 0 saturated heterocycles. The van der Waals surface area contributed by atoms with Gasteiger partial charge >= 0.3 is 5.97 Å². The van der Waals surface area contributed by atoms with Gasteiger partial charge in [0.05, 0.1) is 17.3 Å². The molecule has 0 N–H and O–H groups in total. The molecular formula is C17H14BrNO4S. The number of benzene rings is 2. The molecule has 0 spiro atoms. The van der Waals surface area contributed by atoms with Crippen LogP contribution < -0.4 is 9.47 Å². The second-order valence-corrected chi connectivity index (χ2v) is 6.86. The van der Waals surface area contributed by atoms with Crippen molar-refractivity contribution >= 4 is 43.5 Å². The summed E-state index contributed by atoms with van der Waals surface area (Å²) in [5.41, 5.74) is 0.894. The van der Waals surface area contributed by atoms with Gasteiger partial charge in [0.2, 0.25) is 0 Å². The Bertz CT molecular complexity index is 863. The van der Waals surface area contributed by atoms with Crippen molar-refractivity contribution in [1.29, 1.82) is 0 Å². The van der Waals surface area contributed by atoms with Crippen molar-refractivity contribution in [3.05, 3.63) is 46.9 Å². The number of halogens is 1. The Balaban J connectivity index is 1.70. The number of fused-ring (bicyclic) bond motifs is 1. The van der Waals surface area contributed by atoms with Crippen molar-refractivity contribution in [1.82, 2.24) is 4.98 Å². The van der Waals surface area contributed by atoms with Gasteiger partial charge in [-0.1, -0.05) is 27.3 Å². The van der Waals surface area contributed by atoms with E-state index in [9.17, 15) is 4.79 Å². The van der Waals surface area contributed by atoms with E-state index in [4.69, 9.17) is 9.47 Å². The fraction of sp³-hybridized carbons (Fsp3) is 0.176. The zero-order chi connectivity index (χ0) is 17.1. The summed E-state index contributed by atoms with van der Waals surface area (Å²) < 4.78 is 17.9. The molecule has 3 aromatic rings. The second kappa shape index (κ2) is 7.19. The molecule has 1 unspecified atom stereocenters. The van der Waals surface area contributed by atoms with Crippen LogP contribution >= 0.6 is 27.3 Å². The SMILES string of the molecule is COC(=O)C(C)Oc1ccc(Oc2nc3ccc(Br)cc3s2)cc1. The molecule has 24 heavy (non-hydrogen) atoms. The normalized spacial score (nSPS) is 12.0. The topological polar surface area (TPSA) is 57.7 Å². The molecule has 1 aromatic heterocycles. The fourth-order valence-electron chi connectivity index (χ4n) is 2.03. The third-order valence-corrected chi connectivity index (χ3v) is 4.60. The van der Waals surface area contributed by atoms with E-state index in [0.717, 1.165) is 14.7 Å². The summed E-state index contributed by atoms with van der Waals surface area (Å²) in [6.45, 7) is 1.63. The molecule has 0 aliphatic heterocycles. The Hall–Kier alpha value is -2.12. The number of aromatic nitrogens is 1. The quantitative estimate of drug-likeness (QED) is 0.568. The van der Waals surface area contributed by atoms with E-state index in [2.05, 4.69) is 25.7 Å². The van der Waals surface area contributed by atoms with E-state index in [1.807, 2.05) is 18.2 Å². The number of rotatable bonds is 5. The van der Waals surface area contributed by atoms with Crippen LogP contribution in [0.3, 0.4) is 0 Å². The summed E-state index contributed by atoms with van der Waals surface area (Å²) in [5, 5.41) is 0.569. The highest BCUT2D eigenvalue weighted by Crippen LogP contribution is 2.33. The molecule has 1 atom stereocenters. The molecule has 2 aromatic carbocycles. The Morgan fingerprint density at radius 3 is 2.58 bits per heavy atom. The first-order chi connectivity index (χ1) is 11.5. The van der Waals surface area contributed by atoms with E-state index >= 15 is 0 Å². The minimum atomic E-state index is -0.663. The minimum Gasteiger partial charge on any atom is -0.479 e. The second-order valence-electron chi connectivity index (χ2n) is 4.95. The van der Waals surface area contributed by atoms with Crippen LogP contribution in [0.4, 0.5) is 0 Å². The molecule has 1 heterocycles. The molecule has 7 heteroatoms. The maximum Gasteiger partial charge on any atom is 0.346 e. The highest BCUT2D eigenvalue weighted by Gasteiger charge is 2.14. The molecule has 0 fully saturated rings. The van der Waals surface area contributed by atoms with Gasteiger partial charge in [-0.25, -0.2) is 9.78 Å². The lowest BCUT2D eigenvalue weighted by Gasteiger charge is -2.12. The van der Waals surface area contributed by atoms with Gasteiger partial charge in [-0.15, -0.1) is 0 Å². The Labute approximate surface area is 151 Å². The zero-order valence-corrected chi connectivity index (χ0v) is 15.4. The maximum atomic E-state index is 11.4. The van der Waals surface area contributed by atoms with Crippen molar-refractivity contribution in [2.24, 2.45) is 0 Å². The van der Waals surface area contributed by atoms with Gasteiger partial charge in [0, 0.05) is 4.47 Å². The van der Waals surface area contributed by atoms with Crippen LogP contribution in [0.2, 0.25) is 0 Å². The van der Waals surface area contributed by atoms with E-state index in [-0.39, 0.29) is 0 Å². The lowest BCUT2D eigenvalue weighted by molar-refractivity contribution is -0.147. The number of hydrogen-bond acceptors (Lipinski definition) is 6. The molecule has 5 nitrogen and oxygen atoms in total. The van der Waals surface area contributed by atoms with Crippen molar-refractivity contribution in [2.45, 2.75) is 13.0 Å². The third-order valence-electron chi connectivity index (χ3n) is 3.21. The van der Waals surface area contributed by atoms with Crippen LogP contribution in [0, 0.1) is 0 Å². The van der Waals surface area contributed by atoms with Crippen LogP contribution in [0.15, 0.2) is 46.9 Å². The molecule has 0 radical (unpaired) electrons. The van der Waals surface area contributed by atoms with Gasteiger partial charge in [0.25, 0.3) is 5.19 Å². The summed E-state index contributed by atoms with van der Waals surface area (Å²) in [5.74, 6) is 0.788. The van der Waals surface area contributed by atoms with Crippen LogP contribution in [0.25, 0.3) is 10.2 Å². The molecule has 3 rings (SSSR count). The largest absolute Gasteiger partial charge is 0.479 e. The summed E-state index contributed by atoms with van der Waals surface area (Å²) >= 11 is 4.91. The zero-order valence-electron chi connectivity index (χ0n) is 13.0. The highest BCUT2D eigenvalue weighted by molar-refractivity contribution is 9.10. The fourth-order valence-corrected chi connectivity index (χ4v) is 3.41. The summed E-state index contributed by atoms with van der Waals surface area (Å²) in [4.78, 5) is 15.8. The number of ether oxygens (including phenoxy) is 3. The Morgan fingerprint density at radius 2 is 1.88 bits per heavy atom. The molecule has 0 aliphatic rings. The number of nitrogens with zero attached hydrogens (tertiary/aromatic N) is 1. The predicted octanol–water partition coefficient (Wildman–Crippen LogP) is 4.79. The van der Waals surface area contributed by atoms with Crippen molar-refractivity contribution < 1.29 is 19.0 Å².